The first kappa shape index (κ1) is 15.4. The molecule has 0 aromatic heterocycles. The number of rotatable bonds is 6. The lowest BCUT2D eigenvalue weighted by Crippen LogP contribution is -3.00. The van der Waals surface area contributed by atoms with E-state index in [2.05, 4.69) is 20.7 Å². The summed E-state index contributed by atoms with van der Waals surface area (Å²) in [5, 5.41) is 0. The Morgan fingerprint density at radius 2 is 2.12 bits per heavy atom. The molecular formula is C11H20ClNO3. The van der Waals surface area contributed by atoms with E-state index in [1.165, 1.54) is 0 Å². The predicted molar refractivity (Wildman–Crippen MR) is 57.4 cm³/mol. The molecule has 1 rings (SSSR count). The van der Waals surface area contributed by atoms with E-state index in [4.69, 9.17) is 9.47 Å². The van der Waals surface area contributed by atoms with Crippen molar-refractivity contribution in [2.75, 3.05) is 40.4 Å². The van der Waals surface area contributed by atoms with E-state index in [1.54, 1.807) is 6.92 Å². The van der Waals surface area contributed by atoms with Crippen LogP contribution in [0.15, 0.2) is 12.2 Å². The Kier molecular flexibility index (Phi) is 6.00. The SMILES string of the molecule is C=C(C)C(=O)OCC[N+](C)(C)CC1CO1.[Cl-]. The average Bonchev–Trinajstić information content (AvgIpc) is 2.86. The maximum absolute atomic E-state index is 11.1. The Morgan fingerprint density at radius 1 is 1.56 bits per heavy atom. The van der Waals surface area contributed by atoms with E-state index < -0.39 is 0 Å². The van der Waals surface area contributed by atoms with Crippen LogP contribution in [-0.2, 0) is 14.3 Å². The quantitative estimate of drug-likeness (QED) is 0.228. The van der Waals surface area contributed by atoms with Gasteiger partial charge in [0, 0.05) is 5.57 Å². The molecule has 1 saturated heterocycles. The molecule has 94 valence electrons. The molecule has 0 aliphatic carbocycles. The normalized spacial score (nSPS) is 18.6. The van der Waals surface area contributed by atoms with Crippen molar-refractivity contribution in [2.24, 2.45) is 0 Å². The number of ether oxygens (including phenoxy) is 2. The van der Waals surface area contributed by atoms with E-state index in [-0.39, 0.29) is 18.4 Å². The molecule has 5 heteroatoms. The van der Waals surface area contributed by atoms with Gasteiger partial charge >= 0.3 is 5.97 Å². The summed E-state index contributed by atoms with van der Waals surface area (Å²) in [5.74, 6) is -0.308. The molecular weight excluding hydrogens is 230 g/mol. The second-order valence-electron chi connectivity index (χ2n) is 4.71. The molecule has 1 unspecified atom stereocenters. The molecule has 0 bridgehead atoms. The molecule has 0 spiro atoms. The summed E-state index contributed by atoms with van der Waals surface area (Å²) in [6, 6.07) is 0. The van der Waals surface area contributed by atoms with Crippen molar-refractivity contribution in [1.82, 2.24) is 0 Å². The van der Waals surface area contributed by atoms with Crippen molar-refractivity contribution in [1.29, 1.82) is 0 Å². The highest BCUT2D eigenvalue weighted by atomic mass is 35.5. The first-order valence-electron chi connectivity index (χ1n) is 5.17. The molecule has 0 aromatic carbocycles. The fourth-order valence-electron chi connectivity index (χ4n) is 1.32. The van der Waals surface area contributed by atoms with Crippen LogP contribution in [-0.4, -0.2) is 57.0 Å². The van der Waals surface area contributed by atoms with Crippen LogP contribution in [0.3, 0.4) is 0 Å². The van der Waals surface area contributed by atoms with Gasteiger partial charge in [-0.05, 0) is 6.92 Å². The van der Waals surface area contributed by atoms with Gasteiger partial charge in [0.25, 0.3) is 0 Å². The predicted octanol–water partition coefficient (Wildman–Crippen LogP) is -2.42. The minimum Gasteiger partial charge on any atom is -1.00 e. The fraction of sp³-hybridized carbons (Fsp3) is 0.727. The molecule has 16 heavy (non-hydrogen) atoms. The van der Waals surface area contributed by atoms with Gasteiger partial charge < -0.3 is 26.4 Å². The Labute approximate surface area is 103 Å². The van der Waals surface area contributed by atoms with Crippen LogP contribution in [0.25, 0.3) is 0 Å². The number of esters is 1. The third-order valence-corrected chi connectivity index (χ3v) is 2.38. The van der Waals surface area contributed by atoms with Gasteiger partial charge in [0.15, 0.2) is 0 Å². The van der Waals surface area contributed by atoms with Crippen molar-refractivity contribution in [3.8, 4) is 0 Å². The zero-order valence-corrected chi connectivity index (χ0v) is 10.9. The largest absolute Gasteiger partial charge is 1.00 e. The highest BCUT2D eigenvalue weighted by molar-refractivity contribution is 5.86. The summed E-state index contributed by atoms with van der Waals surface area (Å²) in [6.45, 7) is 8.27. The Balaban J connectivity index is 0.00000225. The maximum atomic E-state index is 11.1. The number of halogens is 1. The van der Waals surface area contributed by atoms with Crippen LogP contribution in [0.1, 0.15) is 6.92 Å². The molecule has 1 fully saturated rings. The number of nitrogens with zero attached hydrogens (tertiary/aromatic N) is 1. The number of hydrogen-bond donors (Lipinski definition) is 0. The molecule has 0 N–H and O–H groups in total. The van der Waals surface area contributed by atoms with Gasteiger partial charge in [-0.1, -0.05) is 6.58 Å². The topological polar surface area (TPSA) is 38.8 Å². The molecule has 1 aliphatic heterocycles. The second kappa shape index (κ2) is 6.23. The number of carbonyl (C=O) groups is 1. The number of epoxide rings is 1. The lowest BCUT2D eigenvalue weighted by molar-refractivity contribution is -0.890. The smallest absolute Gasteiger partial charge is 0.333 e. The van der Waals surface area contributed by atoms with Gasteiger partial charge in [-0.15, -0.1) is 0 Å². The Morgan fingerprint density at radius 3 is 2.56 bits per heavy atom. The van der Waals surface area contributed by atoms with Crippen molar-refractivity contribution >= 4 is 5.97 Å². The molecule has 0 radical (unpaired) electrons. The van der Waals surface area contributed by atoms with Crippen LogP contribution in [0.5, 0.6) is 0 Å². The maximum Gasteiger partial charge on any atom is 0.333 e. The fourth-order valence-corrected chi connectivity index (χ4v) is 1.32. The van der Waals surface area contributed by atoms with Gasteiger partial charge in [-0.25, -0.2) is 4.79 Å². The van der Waals surface area contributed by atoms with E-state index >= 15 is 0 Å². The second-order valence-corrected chi connectivity index (χ2v) is 4.71. The van der Waals surface area contributed by atoms with Crippen LogP contribution in [0.4, 0.5) is 0 Å². The van der Waals surface area contributed by atoms with Crippen molar-refractivity contribution in [2.45, 2.75) is 13.0 Å². The van der Waals surface area contributed by atoms with Crippen molar-refractivity contribution in [3.05, 3.63) is 12.2 Å². The molecule has 1 heterocycles. The molecule has 4 nitrogen and oxygen atoms in total. The van der Waals surface area contributed by atoms with E-state index in [1.807, 2.05) is 0 Å². The number of carbonyl (C=O) groups excluding carboxylic acids is 1. The molecule has 0 aromatic rings. The zero-order valence-electron chi connectivity index (χ0n) is 10.2. The van der Waals surface area contributed by atoms with Crippen LogP contribution in [0, 0.1) is 0 Å². The van der Waals surface area contributed by atoms with Crippen LogP contribution >= 0.6 is 0 Å². The lowest BCUT2D eigenvalue weighted by atomic mass is 10.3. The molecule has 0 saturated carbocycles. The van der Waals surface area contributed by atoms with Gasteiger partial charge in [-0.3, -0.25) is 0 Å². The van der Waals surface area contributed by atoms with E-state index in [0.717, 1.165) is 24.2 Å². The summed E-state index contributed by atoms with van der Waals surface area (Å²) in [4.78, 5) is 11.1. The average molecular weight is 250 g/mol. The summed E-state index contributed by atoms with van der Waals surface area (Å²) in [5.41, 5.74) is 0.450. The van der Waals surface area contributed by atoms with Gasteiger partial charge in [-0.2, -0.15) is 0 Å². The summed E-state index contributed by atoms with van der Waals surface area (Å²) >= 11 is 0. The summed E-state index contributed by atoms with van der Waals surface area (Å²) in [7, 11) is 4.21. The lowest BCUT2D eigenvalue weighted by Gasteiger charge is -2.28. The molecule has 1 aliphatic rings. The number of likely N-dealkylation sites (N-methyl/N-ethyl adjacent to an activating group) is 1. The van der Waals surface area contributed by atoms with Crippen LogP contribution in [0.2, 0.25) is 0 Å². The Bertz CT molecular complexity index is 262. The number of hydrogen-bond acceptors (Lipinski definition) is 3. The molecule has 0 amide bonds. The molecule has 1 atom stereocenters. The zero-order chi connectivity index (χ0) is 11.5. The monoisotopic (exact) mass is 249 g/mol. The minimum absolute atomic E-state index is 0. The van der Waals surface area contributed by atoms with Gasteiger partial charge in [0.05, 0.1) is 20.7 Å². The third kappa shape index (κ3) is 6.10. The third-order valence-electron chi connectivity index (χ3n) is 2.38. The first-order valence-corrected chi connectivity index (χ1v) is 5.17. The van der Waals surface area contributed by atoms with Gasteiger partial charge in [0.2, 0.25) is 0 Å². The van der Waals surface area contributed by atoms with Crippen molar-refractivity contribution < 1.29 is 31.2 Å². The number of quaternary nitrogens is 1. The highest BCUT2D eigenvalue weighted by Gasteiger charge is 2.31. The minimum atomic E-state index is -0.308. The van der Waals surface area contributed by atoms with Crippen LogP contribution < -0.4 is 12.4 Å². The Hall–Kier alpha value is -0.580. The first-order chi connectivity index (χ1) is 6.91. The van der Waals surface area contributed by atoms with E-state index in [0.29, 0.717) is 18.3 Å². The highest BCUT2D eigenvalue weighted by Crippen LogP contribution is 2.13. The van der Waals surface area contributed by atoms with Gasteiger partial charge in [0.1, 0.15) is 25.8 Å². The summed E-state index contributed by atoms with van der Waals surface area (Å²) < 4.78 is 11.0. The van der Waals surface area contributed by atoms with Crippen molar-refractivity contribution in [3.63, 3.8) is 0 Å². The standard InChI is InChI=1S/C11H20NO3.ClH/c1-9(2)11(13)14-6-5-12(3,4)7-10-8-15-10;/h10H,1,5-8H2,2-4H3;1H/q+1;/p-1. The van der Waals surface area contributed by atoms with E-state index in [9.17, 15) is 4.79 Å². The summed E-state index contributed by atoms with van der Waals surface area (Å²) in [6.07, 6.45) is 0.400.